The molecule has 0 radical (unpaired) electrons. The summed E-state index contributed by atoms with van der Waals surface area (Å²) in [4.78, 5) is 16.7. The lowest BCUT2D eigenvalue weighted by Gasteiger charge is -2.09. The molecule has 7 heteroatoms. The molecule has 3 aromatic rings. The number of benzene rings is 2. The standard InChI is InChI=1S/C20H21N3O3S/c1-26-18-9-5-8-16(10-18)21-19(25)14-27-20-22-17(13-24)12-23(20)11-15-6-3-2-4-7-15/h2-10,12,24H,11,13-14H2,1H3,(H,21,25). The van der Waals surface area contributed by atoms with Crippen LogP contribution in [0.3, 0.4) is 0 Å². The van der Waals surface area contributed by atoms with Gasteiger partial charge in [-0.1, -0.05) is 48.2 Å². The van der Waals surface area contributed by atoms with Gasteiger partial charge in [0.15, 0.2) is 5.16 Å². The third-order valence-electron chi connectivity index (χ3n) is 3.83. The van der Waals surface area contributed by atoms with Crippen molar-refractivity contribution >= 4 is 23.4 Å². The van der Waals surface area contributed by atoms with Crippen molar-refractivity contribution in [3.8, 4) is 5.75 Å². The number of nitrogens with one attached hydrogen (secondary N) is 1. The van der Waals surface area contributed by atoms with E-state index in [2.05, 4.69) is 10.3 Å². The zero-order valence-corrected chi connectivity index (χ0v) is 15.8. The summed E-state index contributed by atoms with van der Waals surface area (Å²) in [5, 5.41) is 12.9. The summed E-state index contributed by atoms with van der Waals surface area (Å²) in [6, 6.07) is 17.2. The first-order chi connectivity index (χ1) is 13.2. The van der Waals surface area contributed by atoms with Crippen molar-refractivity contribution in [3.63, 3.8) is 0 Å². The predicted molar refractivity (Wildman–Crippen MR) is 106 cm³/mol. The number of ether oxygens (including phenoxy) is 1. The van der Waals surface area contributed by atoms with Crippen LogP contribution < -0.4 is 10.1 Å². The second-order valence-corrected chi connectivity index (χ2v) is 6.80. The molecule has 1 aromatic heterocycles. The lowest BCUT2D eigenvalue weighted by Crippen LogP contribution is -2.14. The first-order valence-electron chi connectivity index (χ1n) is 8.45. The number of hydrogen-bond acceptors (Lipinski definition) is 5. The molecule has 0 saturated carbocycles. The summed E-state index contributed by atoms with van der Waals surface area (Å²) in [6.07, 6.45) is 1.81. The van der Waals surface area contributed by atoms with Crippen LogP contribution in [0.2, 0.25) is 0 Å². The van der Waals surface area contributed by atoms with Gasteiger partial charge >= 0.3 is 0 Å². The van der Waals surface area contributed by atoms with Gasteiger partial charge in [0.25, 0.3) is 0 Å². The monoisotopic (exact) mass is 383 g/mol. The van der Waals surface area contributed by atoms with Crippen LogP contribution in [-0.2, 0) is 17.9 Å². The summed E-state index contributed by atoms with van der Waals surface area (Å²) in [5.41, 5.74) is 2.40. The maximum atomic E-state index is 12.3. The average molecular weight is 383 g/mol. The fraction of sp³-hybridized carbons (Fsp3) is 0.200. The molecule has 2 aromatic carbocycles. The van der Waals surface area contributed by atoms with Crippen LogP contribution in [0.4, 0.5) is 5.69 Å². The molecule has 0 spiro atoms. The highest BCUT2D eigenvalue weighted by Crippen LogP contribution is 2.21. The molecule has 6 nitrogen and oxygen atoms in total. The minimum atomic E-state index is -0.134. The van der Waals surface area contributed by atoms with Crippen LogP contribution in [-0.4, -0.2) is 33.4 Å². The normalized spacial score (nSPS) is 10.6. The largest absolute Gasteiger partial charge is 0.497 e. The molecule has 3 rings (SSSR count). The van der Waals surface area contributed by atoms with Crippen molar-refractivity contribution in [3.05, 3.63) is 72.1 Å². The molecular formula is C20H21N3O3S. The fourth-order valence-corrected chi connectivity index (χ4v) is 3.36. The van der Waals surface area contributed by atoms with Gasteiger partial charge in [-0.05, 0) is 17.7 Å². The van der Waals surface area contributed by atoms with Crippen LogP contribution >= 0.6 is 11.8 Å². The topological polar surface area (TPSA) is 76.4 Å². The van der Waals surface area contributed by atoms with Gasteiger partial charge in [0.05, 0.1) is 25.2 Å². The smallest absolute Gasteiger partial charge is 0.234 e. The van der Waals surface area contributed by atoms with Crippen molar-refractivity contribution in [1.82, 2.24) is 9.55 Å². The molecule has 1 amide bonds. The van der Waals surface area contributed by atoms with Gasteiger partial charge in [-0.2, -0.15) is 0 Å². The van der Waals surface area contributed by atoms with Crippen LogP contribution in [0.15, 0.2) is 66.0 Å². The van der Waals surface area contributed by atoms with Crippen LogP contribution in [0, 0.1) is 0 Å². The summed E-state index contributed by atoms with van der Waals surface area (Å²) in [7, 11) is 1.59. The number of nitrogens with zero attached hydrogens (tertiary/aromatic N) is 2. The second kappa shape index (κ2) is 9.25. The van der Waals surface area contributed by atoms with Gasteiger partial charge in [0.1, 0.15) is 5.75 Å². The zero-order chi connectivity index (χ0) is 19.1. The number of rotatable bonds is 8. The molecule has 0 atom stereocenters. The Bertz CT molecular complexity index is 896. The molecule has 140 valence electrons. The maximum Gasteiger partial charge on any atom is 0.234 e. The highest BCUT2D eigenvalue weighted by Gasteiger charge is 2.12. The molecule has 0 saturated heterocycles. The number of hydrogen-bond donors (Lipinski definition) is 2. The molecule has 27 heavy (non-hydrogen) atoms. The van der Waals surface area contributed by atoms with Crippen molar-refractivity contribution in [1.29, 1.82) is 0 Å². The number of aliphatic hydroxyl groups excluding tert-OH is 1. The average Bonchev–Trinajstić information content (AvgIpc) is 3.09. The Labute approximate surface area is 162 Å². The quantitative estimate of drug-likeness (QED) is 0.585. The van der Waals surface area contributed by atoms with Crippen LogP contribution in [0.1, 0.15) is 11.3 Å². The van der Waals surface area contributed by atoms with E-state index in [0.717, 1.165) is 5.56 Å². The Kier molecular flexibility index (Phi) is 6.51. The van der Waals surface area contributed by atoms with Crippen molar-refractivity contribution in [2.24, 2.45) is 0 Å². The Balaban J connectivity index is 1.64. The fourth-order valence-electron chi connectivity index (χ4n) is 2.56. The van der Waals surface area contributed by atoms with E-state index in [9.17, 15) is 9.90 Å². The minimum Gasteiger partial charge on any atom is -0.497 e. The second-order valence-electron chi connectivity index (χ2n) is 5.86. The van der Waals surface area contributed by atoms with Gasteiger partial charge < -0.3 is 19.7 Å². The summed E-state index contributed by atoms with van der Waals surface area (Å²) in [5.74, 6) is 0.771. The Morgan fingerprint density at radius 2 is 2.04 bits per heavy atom. The molecule has 0 aliphatic rings. The Morgan fingerprint density at radius 1 is 1.22 bits per heavy atom. The first kappa shape index (κ1) is 19.0. The van der Waals surface area contributed by atoms with E-state index in [-0.39, 0.29) is 18.3 Å². The van der Waals surface area contributed by atoms with Crippen molar-refractivity contribution in [2.75, 3.05) is 18.2 Å². The van der Waals surface area contributed by atoms with Gasteiger partial charge in [0, 0.05) is 24.5 Å². The third-order valence-corrected chi connectivity index (χ3v) is 4.82. The van der Waals surface area contributed by atoms with E-state index in [0.29, 0.717) is 28.8 Å². The van der Waals surface area contributed by atoms with E-state index >= 15 is 0 Å². The highest BCUT2D eigenvalue weighted by molar-refractivity contribution is 7.99. The number of anilines is 1. The first-order valence-corrected chi connectivity index (χ1v) is 9.44. The predicted octanol–water partition coefficient (Wildman–Crippen LogP) is 3.16. The summed E-state index contributed by atoms with van der Waals surface area (Å²) >= 11 is 1.34. The van der Waals surface area contributed by atoms with E-state index in [1.165, 1.54) is 11.8 Å². The lowest BCUT2D eigenvalue weighted by atomic mass is 10.2. The van der Waals surface area contributed by atoms with E-state index in [1.54, 1.807) is 13.2 Å². The number of aliphatic hydroxyl groups is 1. The molecule has 0 unspecified atom stereocenters. The van der Waals surface area contributed by atoms with Crippen LogP contribution in [0.5, 0.6) is 5.75 Å². The number of methoxy groups -OCH3 is 1. The number of thioether (sulfide) groups is 1. The Morgan fingerprint density at radius 3 is 2.78 bits per heavy atom. The number of aromatic nitrogens is 2. The molecule has 0 fully saturated rings. The third kappa shape index (κ3) is 5.35. The molecular weight excluding hydrogens is 362 g/mol. The number of carbonyl (C=O) groups excluding carboxylic acids is 1. The number of amides is 1. The van der Waals surface area contributed by atoms with Gasteiger partial charge in [-0.3, -0.25) is 4.79 Å². The minimum absolute atomic E-state index is 0.131. The molecule has 0 aliphatic carbocycles. The molecule has 1 heterocycles. The van der Waals surface area contributed by atoms with Crippen molar-refractivity contribution < 1.29 is 14.6 Å². The molecule has 0 bridgehead atoms. The number of carbonyl (C=O) groups is 1. The SMILES string of the molecule is COc1cccc(NC(=O)CSc2nc(CO)cn2Cc2ccccc2)c1. The van der Waals surface area contributed by atoms with E-state index in [4.69, 9.17) is 4.74 Å². The summed E-state index contributed by atoms with van der Waals surface area (Å²) in [6.45, 7) is 0.499. The molecule has 0 aliphatic heterocycles. The number of imidazole rings is 1. The Hall–Kier alpha value is -2.77. The lowest BCUT2D eigenvalue weighted by molar-refractivity contribution is -0.113. The van der Waals surface area contributed by atoms with Crippen LogP contribution in [0.25, 0.3) is 0 Å². The van der Waals surface area contributed by atoms with E-state index in [1.807, 2.05) is 59.3 Å². The van der Waals surface area contributed by atoms with Gasteiger partial charge in [-0.15, -0.1) is 0 Å². The van der Waals surface area contributed by atoms with Gasteiger partial charge in [-0.25, -0.2) is 4.98 Å². The summed E-state index contributed by atoms with van der Waals surface area (Å²) < 4.78 is 7.11. The van der Waals surface area contributed by atoms with Gasteiger partial charge in [0.2, 0.25) is 5.91 Å². The molecule has 2 N–H and O–H groups in total. The maximum absolute atomic E-state index is 12.3. The zero-order valence-electron chi connectivity index (χ0n) is 15.0. The van der Waals surface area contributed by atoms with E-state index < -0.39 is 0 Å². The van der Waals surface area contributed by atoms with Crippen molar-refractivity contribution in [2.45, 2.75) is 18.3 Å². The highest BCUT2D eigenvalue weighted by atomic mass is 32.2.